The minimum Gasteiger partial charge on any atom is -0.324 e. The third-order valence-corrected chi connectivity index (χ3v) is 3.89. The highest BCUT2D eigenvalue weighted by Crippen LogP contribution is 2.20. The first-order valence-electron chi connectivity index (χ1n) is 7.55. The molecule has 1 aliphatic heterocycles. The summed E-state index contributed by atoms with van der Waals surface area (Å²) in [6, 6.07) is 14.6. The fraction of sp³-hybridized carbons (Fsp3) is 0.222. The van der Waals surface area contributed by atoms with Crippen molar-refractivity contribution in [3.05, 3.63) is 66.0 Å². The fourth-order valence-corrected chi connectivity index (χ4v) is 2.64. The van der Waals surface area contributed by atoms with Crippen LogP contribution in [0.15, 0.2) is 54.6 Å². The van der Waals surface area contributed by atoms with E-state index >= 15 is 0 Å². The molecular formula is C18H17FN2O2. The summed E-state index contributed by atoms with van der Waals surface area (Å²) < 4.78 is 13.1. The van der Waals surface area contributed by atoms with Gasteiger partial charge in [-0.1, -0.05) is 18.2 Å². The third-order valence-electron chi connectivity index (χ3n) is 3.89. The molecule has 2 aromatic carbocycles. The van der Waals surface area contributed by atoms with Crippen LogP contribution in [0.3, 0.4) is 0 Å². The molecule has 23 heavy (non-hydrogen) atoms. The van der Waals surface area contributed by atoms with E-state index < -0.39 is 0 Å². The third kappa shape index (κ3) is 3.39. The van der Waals surface area contributed by atoms with Gasteiger partial charge in [0.2, 0.25) is 5.91 Å². The average Bonchev–Trinajstić information content (AvgIpc) is 2.98. The molecule has 2 aromatic rings. The molecule has 5 heteroatoms. The Kier molecular flexibility index (Phi) is 4.37. The van der Waals surface area contributed by atoms with E-state index in [-0.39, 0.29) is 24.3 Å². The smallest absolute Gasteiger partial charge is 0.259 e. The predicted octanol–water partition coefficient (Wildman–Crippen LogP) is 3.05. The van der Waals surface area contributed by atoms with Crippen molar-refractivity contribution in [2.45, 2.75) is 12.8 Å². The van der Waals surface area contributed by atoms with E-state index in [4.69, 9.17) is 0 Å². The first-order chi connectivity index (χ1) is 11.1. The second-order valence-corrected chi connectivity index (χ2v) is 5.48. The number of carbonyl (C=O) groups excluding carboxylic acids is 2. The van der Waals surface area contributed by atoms with Crippen LogP contribution >= 0.6 is 0 Å². The summed E-state index contributed by atoms with van der Waals surface area (Å²) in [5.41, 5.74) is 1.10. The maximum atomic E-state index is 13.1. The van der Waals surface area contributed by atoms with E-state index in [9.17, 15) is 14.0 Å². The molecule has 118 valence electrons. The molecule has 1 aliphatic rings. The van der Waals surface area contributed by atoms with E-state index in [1.165, 1.54) is 24.3 Å². The van der Waals surface area contributed by atoms with E-state index in [0.29, 0.717) is 24.2 Å². The Balaban J connectivity index is 1.89. The Morgan fingerprint density at radius 1 is 1.09 bits per heavy atom. The average molecular weight is 312 g/mol. The minimum atomic E-state index is -0.387. The molecule has 0 saturated carbocycles. The minimum absolute atomic E-state index is 0.0536. The first-order valence-corrected chi connectivity index (χ1v) is 7.55. The number of nitrogens with zero attached hydrogens (tertiary/aromatic N) is 2. The lowest BCUT2D eigenvalue weighted by atomic mass is 10.2. The zero-order valence-electron chi connectivity index (χ0n) is 12.6. The first kappa shape index (κ1) is 15.2. The molecule has 0 unspecified atom stereocenters. The second-order valence-electron chi connectivity index (χ2n) is 5.48. The lowest BCUT2D eigenvalue weighted by Gasteiger charge is -2.28. The second kappa shape index (κ2) is 6.60. The number of para-hydroxylation sites is 1. The number of hydrogen-bond donors (Lipinski definition) is 0. The number of halogens is 1. The van der Waals surface area contributed by atoms with Gasteiger partial charge in [-0.3, -0.25) is 14.5 Å². The summed E-state index contributed by atoms with van der Waals surface area (Å²) in [5.74, 6) is -0.587. The molecule has 0 N–H and O–H groups in total. The maximum Gasteiger partial charge on any atom is 0.259 e. The molecule has 1 heterocycles. The van der Waals surface area contributed by atoms with E-state index in [1.807, 2.05) is 30.3 Å². The van der Waals surface area contributed by atoms with Gasteiger partial charge in [-0.2, -0.15) is 0 Å². The van der Waals surface area contributed by atoms with Gasteiger partial charge in [-0.25, -0.2) is 4.39 Å². The summed E-state index contributed by atoms with van der Waals surface area (Å²) >= 11 is 0. The van der Waals surface area contributed by atoms with Crippen LogP contribution in [0.5, 0.6) is 0 Å². The standard InChI is InChI=1S/C18H17FN2O2/c19-15-10-8-14(9-11-15)18(23)21(16-5-2-1-3-6-16)13-20-12-4-7-17(20)22/h1-3,5-6,8-11H,4,7,12-13H2. The normalized spacial score (nSPS) is 14.1. The quantitative estimate of drug-likeness (QED) is 0.870. The largest absolute Gasteiger partial charge is 0.324 e. The van der Waals surface area contributed by atoms with Crippen LogP contribution in [-0.4, -0.2) is 29.9 Å². The van der Waals surface area contributed by atoms with Crippen LogP contribution in [0.1, 0.15) is 23.2 Å². The molecule has 0 atom stereocenters. The zero-order chi connectivity index (χ0) is 16.2. The summed E-state index contributed by atoms with van der Waals surface area (Å²) in [4.78, 5) is 27.9. The van der Waals surface area contributed by atoms with E-state index in [2.05, 4.69) is 0 Å². The number of benzene rings is 2. The van der Waals surface area contributed by atoms with Crippen molar-refractivity contribution < 1.29 is 14.0 Å². The Bertz CT molecular complexity index is 701. The van der Waals surface area contributed by atoms with Gasteiger partial charge in [-0.05, 0) is 42.8 Å². The Hall–Kier alpha value is -2.69. The van der Waals surface area contributed by atoms with Crippen LogP contribution in [0, 0.1) is 5.82 Å². The van der Waals surface area contributed by atoms with Crippen molar-refractivity contribution in [2.24, 2.45) is 0 Å². The number of rotatable bonds is 4. The Morgan fingerprint density at radius 3 is 2.39 bits per heavy atom. The highest BCUT2D eigenvalue weighted by atomic mass is 19.1. The van der Waals surface area contributed by atoms with Crippen molar-refractivity contribution in [1.82, 2.24) is 4.90 Å². The molecule has 1 saturated heterocycles. The number of carbonyl (C=O) groups is 2. The van der Waals surface area contributed by atoms with Crippen molar-refractivity contribution in [2.75, 3.05) is 18.1 Å². The topological polar surface area (TPSA) is 40.6 Å². The van der Waals surface area contributed by atoms with Crippen molar-refractivity contribution in [3.63, 3.8) is 0 Å². The van der Waals surface area contributed by atoms with Crippen LogP contribution in [0.25, 0.3) is 0 Å². The highest BCUT2D eigenvalue weighted by molar-refractivity contribution is 6.06. The van der Waals surface area contributed by atoms with Crippen molar-refractivity contribution in [1.29, 1.82) is 0 Å². The van der Waals surface area contributed by atoms with Gasteiger partial charge >= 0.3 is 0 Å². The lowest BCUT2D eigenvalue weighted by Crippen LogP contribution is -2.42. The van der Waals surface area contributed by atoms with Gasteiger partial charge in [0.05, 0.1) is 0 Å². The zero-order valence-corrected chi connectivity index (χ0v) is 12.6. The molecule has 2 amide bonds. The predicted molar refractivity (Wildman–Crippen MR) is 85.5 cm³/mol. The van der Waals surface area contributed by atoms with Crippen LogP contribution in [0.4, 0.5) is 10.1 Å². The van der Waals surface area contributed by atoms with Gasteiger partial charge in [0.25, 0.3) is 5.91 Å². The molecule has 1 fully saturated rings. The number of likely N-dealkylation sites (tertiary alicyclic amines) is 1. The van der Waals surface area contributed by atoms with Crippen LogP contribution in [-0.2, 0) is 4.79 Å². The molecule has 4 nitrogen and oxygen atoms in total. The fourth-order valence-electron chi connectivity index (χ4n) is 2.64. The van der Waals surface area contributed by atoms with E-state index in [0.717, 1.165) is 6.42 Å². The molecule has 0 aliphatic carbocycles. The van der Waals surface area contributed by atoms with Crippen LogP contribution < -0.4 is 4.90 Å². The van der Waals surface area contributed by atoms with Gasteiger partial charge < -0.3 is 4.90 Å². The van der Waals surface area contributed by atoms with Gasteiger partial charge in [0, 0.05) is 24.2 Å². The van der Waals surface area contributed by atoms with Crippen LogP contribution in [0.2, 0.25) is 0 Å². The van der Waals surface area contributed by atoms with Gasteiger partial charge in [0.1, 0.15) is 12.5 Å². The van der Waals surface area contributed by atoms with Gasteiger partial charge in [0.15, 0.2) is 0 Å². The number of amides is 2. The summed E-state index contributed by atoms with van der Waals surface area (Å²) in [6.45, 7) is 0.859. The molecule has 3 rings (SSSR count). The number of hydrogen-bond acceptors (Lipinski definition) is 2. The monoisotopic (exact) mass is 312 g/mol. The molecular weight excluding hydrogens is 295 g/mol. The SMILES string of the molecule is O=C1CCCN1CN(C(=O)c1ccc(F)cc1)c1ccccc1. The maximum absolute atomic E-state index is 13.1. The van der Waals surface area contributed by atoms with Crippen molar-refractivity contribution >= 4 is 17.5 Å². The van der Waals surface area contributed by atoms with E-state index in [1.54, 1.807) is 9.80 Å². The summed E-state index contributed by atoms with van der Waals surface area (Å²) in [6.07, 6.45) is 1.33. The molecule has 0 radical (unpaired) electrons. The lowest BCUT2D eigenvalue weighted by molar-refractivity contribution is -0.127. The summed E-state index contributed by atoms with van der Waals surface area (Å²) in [7, 11) is 0. The molecule has 0 spiro atoms. The Morgan fingerprint density at radius 2 is 1.78 bits per heavy atom. The molecule has 0 bridgehead atoms. The number of anilines is 1. The van der Waals surface area contributed by atoms with Crippen molar-refractivity contribution in [3.8, 4) is 0 Å². The molecule has 0 aromatic heterocycles. The van der Waals surface area contributed by atoms with Gasteiger partial charge in [-0.15, -0.1) is 0 Å². The Labute approximate surface area is 134 Å². The summed E-state index contributed by atoms with van der Waals surface area (Å²) in [5, 5.41) is 0. The highest BCUT2D eigenvalue weighted by Gasteiger charge is 2.26.